The van der Waals surface area contributed by atoms with Crippen LogP contribution in [-0.2, 0) is 11.3 Å². The van der Waals surface area contributed by atoms with E-state index in [0.29, 0.717) is 6.54 Å². The second kappa shape index (κ2) is 6.34. The highest BCUT2D eigenvalue weighted by molar-refractivity contribution is 5.73. The minimum Gasteiger partial charge on any atom is -0.480 e. The van der Waals surface area contributed by atoms with Gasteiger partial charge in [-0.15, -0.1) is 0 Å². The zero-order chi connectivity index (χ0) is 14.5. The molecule has 20 heavy (non-hydrogen) atoms. The second-order valence-electron chi connectivity index (χ2n) is 4.98. The van der Waals surface area contributed by atoms with Gasteiger partial charge in [0.1, 0.15) is 11.9 Å². The van der Waals surface area contributed by atoms with Gasteiger partial charge in [-0.3, -0.25) is 4.79 Å². The van der Waals surface area contributed by atoms with Crippen LogP contribution in [0, 0.1) is 0 Å². The Morgan fingerprint density at radius 1 is 1.35 bits per heavy atom. The minimum atomic E-state index is -0.855. The zero-order valence-corrected chi connectivity index (χ0v) is 11.7. The van der Waals surface area contributed by atoms with Crippen molar-refractivity contribution in [3.63, 3.8) is 0 Å². The molecule has 1 aromatic heterocycles. The maximum atomic E-state index is 11.3. The molecule has 0 aliphatic rings. The molecule has 0 aliphatic carbocycles. The first-order valence-corrected chi connectivity index (χ1v) is 6.63. The number of aliphatic carboxylic acids is 1. The van der Waals surface area contributed by atoms with Crippen LogP contribution in [0.25, 0.3) is 11.4 Å². The Bertz CT molecular complexity index is 564. The van der Waals surface area contributed by atoms with Gasteiger partial charge in [0.2, 0.25) is 0 Å². The topological polar surface area (TPSA) is 67.2 Å². The number of nitrogens with one attached hydrogen (secondary N) is 1. The van der Waals surface area contributed by atoms with Crippen molar-refractivity contribution in [1.29, 1.82) is 0 Å². The number of carboxylic acid groups (broad SMARTS) is 1. The third kappa shape index (κ3) is 3.45. The van der Waals surface area contributed by atoms with Gasteiger partial charge in [-0.25, -0.2) is 4.98 Å². The first-order chi connectivity index (χ1) is 9.58. The quantitative estimate of drug-likeness (QED) is 0.844. The molecule has 0 aliphatic heterocycles. The third-order valence-electron chi connectivity index (χ3n) is 2.96. The molecule has 1 aromatic carbocycles. The largest absolute Gasteiger partial charge is 0.480 e. The van der Waals surface area contributed by atoms with Gasteiger partial charge in [0.15, 0.2) is 0 Å². The molecule has 1 unspecified atom stereocenters. The van der Waals surface area contributed by atoms with Gasteiger partial charge >= 0.3 is 5.97 Å². The molecule has 1 atom stereocenters. The predicted octanol–water partition coefficient (Wildman–Crippen LogP) is 2.00. The van der Waals surface area contributed by atoms with Gasteiger partial charge in [-0.2, -0.15) is 0 Å². The Kier molecular flexibility index (Phi) is 4.53. The molecule has 0 saturated heterocycles. The normalized spacial score (nSPS) is 12.6. The molecule has 2 N–H and O–H groups in total. The molecule has 0 spiro atoms. The van der Waals surface area contributed by atoms with E-state index in [4.69, 9.17) is 0 Å². The summed E-state index contributed by atoms with van der Waals surface area (Å²) in [4.78, 5) is 15.6. The van der Waals surface area contributed by atoms with Crippen LogP contribution in [0.4, 0.5) is 0 Å². The van der Waals surface area contributed by atoms with E-state index >= 15 is 0 Å². The molecular formula is C15H19N3O2. The van der Waals surface area contributed by atoms with E-state index in [1.807, 2.05) is 48.7 Å². The predicted molar refractivity (Wildman–Crippen MR) is 77.4 cm³/mol. The SMILES string of the molecule is CC(C)NC(Cn1ccnc1-c1ccccc1)C(=O)O. The average molecular weight is 273 g/mol. The van der Waals surface area contributed by atoms with Crippen molar-refractivity contribution in [3.05, 3.63) is 42.7 Å². The summed E-state index contributed by atoms with van der Waals surface area (Å²) >= 11 is 0. The molecule has 0 saturated carbocycles. The van der Waals surface area contributed by atoms with Crippen LogP contribution in [0.2, 0.25) is 0 Å². The smallest absolute Gasteiger partial charge is 0.322 e. The van der Waals surface area contributed by atoms with Crippen LogP contribution in [0.1, 0.15) is 13.8 Å². The van der Waals surface area contributed by atoms with E-state index in [-0.39, 0.29) is 6.04 Å². The van der Waals surface area contributed by atoms with Gasteiger partial charge in [0, 0.05) is 24.0 Å². The summed E-state index contributed by atoms with van der Waals surface area (Å²) in [5.41, 5.74) is 0.978. The van der Waals surface area contributed by atoms with Crippen molar-refractivity contribution < 1.29 is 9.90 Å². The summed E-state index contributed by atoms with van der Waals surface area (Å²) in [6, 6.07) is 9.23. The molecule has 0 amide bonds. The van der Waals surface area contributed by atoms with Crippen LogP contribution >= 0.6 is 0 Å². The summed E-state index contributed by atoms with van der Waals surface area (Å²) in [6.45, 7) is 4.21. The van der Waals surface area contributed by atoms with E-state index < -0.39 is 12.0 Å². The highest BCUT2D eigenvalue weighted by atomic mass is 16.4. The molecule has 5 nitrogen and oxygen atoms in total. The lowest BCUT2D eigenvalue weighted by Crippen LogP contribution is -2.43. The lowest BCUT2D eigenvalue weighted by atomic mass is 10.2. The molecule has 0 radical (unpaired) electrons. The minimum absolute atomic E-state index is 0.111. The molecule has 0 fully saturated rings. The molecular weight excluding hydrogens is 254 g/mol. The Balaban J connectivity index is 2.22. The van der Waals surface area contributed by atoms with Crippen molar-refractivity contribution >= 4 is 5.97 Å². The molecule has 1 heterocycles. The van der Waals surface area contributed by atoms with E-state index in [9.17, 15) is 9.90 Å². The summed E-state index contributed by atoms with van der Waals surface area (Å²) in [7, 11) is 0. The lowest BCUT2D eigenvalue weighted by Gasteiger charge is -2.19. The average Bonchev–Trinajstić information content (AvgIpc) is 2.86. The Morgan fingerprint density at radius 3 is 2.65 bits per heavy atom. The van der Waals surface area contributed by atoms with Crippen LogP contribution < -0.4 is 5.32 Å². The standard InChI is InChI=1S/C15H19N3O2/c1-11(2)17-13(15(19)20)10-18-9-8-16-14(18)12-6-4-3-5-7-12/h3-9,11,13,17H,10H2,1-2H3,(H,19,20). The number of hydrogen-bond donors (Lipinski definition) is 2. The van der Waals surface area contributed by atoms with E-state index in [2.05, 4.69) is 10.3 Å². The highest BCUT2D eigenvalue weighted by Crippen LogP contribution is 2.17. The van der Waals surface area contributed by atoms with Gasteiger partial charge in [-0.1, -0.05) is 44.2 Å². The van der Waals surface area contributed by atoms with Crippen molar-refractivity contribution in [1.82, 2.24) is 14.9 Å². The maximum Gasteiger partial charge on any atom is 0.322 e. The lowest BCUT2D eigenvalue weighted by molar-refractivity contribution is -0.140. The van der Waals surface area contributed by atoms with Crippen LogP contribution in [0.3, 0.4) is 0 Å². The monoisotopic (exact) mass is 273 g/mol. The first kappa shape index (κ1) is 14.3. The molecule has 106 valence electrons. The third-order valence-corrected chi connectivity index (χ3v) is 2.96. The number of carbonyl (C=O) groups is 1. The highest BCUT2D eigenvalue weighted by Gasteiger charge is 2.20. The molecule has 2 rings (SSSR count). The van der Waals surface area contributed by atoms with Gasteiger partial charge in [0.25, 0.3) is 0 Å². The number of carboxylic acids is 1. The number of aromatic nitrogens is 2. The second-order valence-corrected chi connectivity index (χ2v) is 4.98. The fourth-order valence-corrected chi connectivity index (χ4v) is 2.11. The van der Waals surface area contributed by atoms with E-state index in [1.165, 1.54) is 0 Å². The van der Waals surface area contributed by atoms with Gasteiger partial charge in [0.05, 0.1) is 6.54 Å². The fraction of sp³-hybridized carbons (Fsp3) is 0.333. The zero-order valence-electron chi connectivity index (χ0n) is 11.7. The van der Waals surface area contributed by atoms with Crippen LogP contribution in [0.15, 0.2) is 42.7 Å². The van der Waals surface area contributed by atoms with Crippen LogP contribution in [0.5, 0.6) is 0 Å². The van der Waals surface area contributed by atoms with Crippen molar-refractivity contribution in [2.45, 2.75) is 32.5 Å². The van der Waals surface area contributed by atoms with E-state index in [0.717, 1.165) is 11.4 Å². The molecule has 5 heteroatoms. The summed E-state index contributed by atoms with van der Waals surface area (Å²) in [5.74, 6) is -0.0752. The van der Waals surface area contributed by atoms with Crippen LogP contribution in [-0.4, -0.2) is 32.7 Å². The molecule has 2 aromatic rings. The van der Waals surface area contributed by atoms with Gasteiger partial charge in [-0.05, 0) is 0 Å². The number of rotatable bonds is 6. The maximum absolute atomic E-state index is 11.3. The summed E-state index contributed by atoms with van der Waals surface area (Å²) < 4.78 is 1.86. The first-order valence-electron chi connectivity index (χ1n) is 6.63. The van der Waals surface area contributed by atoms with Crippen molar-refractivity contribution in [2.24, 2.45) is 0 Å². The Labute approximate surface area is 118 Å². The number of benzene rings is 1. The number of nitrogens with zero attached hydrogens (tertiary/aromatic N) is 2. The fourth-order valence-electron chi connectivity index (χ4n) is 2.11. The number of imidazole rings is 1. The number of hydrogen-bond acceptors (Lipinski definition) is 3. The summed E-state index contributed by atoms with van der Waals surface area (Å²) in [6.07, 6.45) is 3.50. The Morgan fingerprint density at radius 2 is 2.05 bits per heavy atom. The van der Waals surface area contributed by atoms with E-state index in [1.54, 1.807) is 12.4 Å². The Hall–Kier alpha value is -2.14. The molecule has 0 bridgehead atoms. The summed E-state index contributed by atoms with van der Waals surface area (Å²) in [5, 5.41) is 12.3. The van der Waals surface area contributed by atoms with Crippen molar-refractivity contribution in [2.75, 3.05) is 0 Å². The van der Waals surface area contributed by atoms with Gasteiger partial charge < -0.3 is 15.0 Å². The van der Waals surface area contributed by atoms with Crippen molar-refractivity contribution in [3.8, 4) is 11.4 Å².